The van der Waals surface area contributed by atoms with Crippen molar-refractivity contribution in [2.24, 2.45) is 0 Å². The number of urea groups is 1. The van der Waals surface area contributed by atoms with Crippen molar-refractivity contribution in [2.45, 2.75) is 26.7 Å². The van der Waals surface area contributed by atoms with Gasteiger partial charge in [0.15, 0.2) is 0 Å². The van der Waals surface area contributed by atoms with E-state index in [0.29, 0.717) is 5.88 Å². The number of nitrogens with one attached hydrogen (secondary N) is 1. The number of anilines is 1. The molecule has 0 saturated heterocycles. The highest BCUT2D eigenvalue weighted by atomic mass is 16.5. The van der Waals surface area contributed by atoms with E-state index >= 15 is 0 Å². The Hall–Kier alpha value is -1.52. The van der Waals surface area contributed by atoms with Crippen LogP contribution in [-0.2, 0) is 0 Å². The minimum Gasteiger partial charge on any atom is -0.338 e. The summed E-state index contributed by atoms with van der Waals surface area (Å²) in [6.45, 7) is 5.61. The fourth-order valence-corrected chi connectivity index (χ4v) is 1.32. The monoisotopic (exact) mass is 211 g/mol. The SMILES string of the molecule is CCCN(CCC)C(=O)Nc1ccno1. The topological polar surface area (TPSA) is 58.4 Å². The maximum Gasteiger partial charge on any atom is 0.324 e. The molecule has 0 aliphatic carbocycles. The molecule has 0 aliphatic rings. The van der Waals surface area contributed by atoms with E-state index in [0.717, 1.165) is 25.9 Å². The van der Waals surface area contributed by atoms with Crippen LogP contribution < -0.4 is 5.32 Å². The number of amides is 2. The minimum atomic E-state index is -0.129. The number of carbonyl (C=O) groups excluding carboxylic acids is 1. The third-order valence-electron chi connectivity index (χ3n) is 1.94. The Labute approximate surface area is 89.4 Å². The van der Waals surface area contributed by atoms with Gasteiger partial charge in [-0.05, 0) is 12.8 Å². The fraction of sp³-hybridized carbons (Fsp3) is 0.600. The lowest BCUT2D eigenvalue weighted by Crippen LogP contribution is -2.36. The summed E-state index contributed by atoms with van der Waals surface area (Å²) in [7, 11) is 0. The Bertz CT molecular complexity index is 279. The largest absolute Gasteiger partial charge is 0.338 e. The van der Waals surface area contributed by atoms with Gasteiger partial charge in [0.25, 0.3) is 0 Å². The molecule has 5 heteroatoms. The summed E-state index contributed by atoms with van der Waals surface area (Å²) >= 11 is 0. The van der Waals surface area contributed by atoms with Crippen molar-refractivity contribution < 1.29 is 9.32 Å². The first kappa shape index (κ1) is 11.6. The Morgan fingerprint density at radius 3 is 2.60 bits per heavy atom. The van der Waals surface area contributed by atoms with Gasteiger partial charge in [0, 0.05) is 19.2 Å². The van der Waals surface area contributed by atoms with Crippen molar-refractivity contribution in [1.29, 1.82) is 0 Å². The van der Waals surface area contributed by atoms with Gasteiger partial charge in [-0.15, -0.1) is 0 Å². The lowest BCUT2D eigenvalue weighted by Gasteiger charge is -2.20. The van der Waals surface area contributed by atoms with Gasteiger partial charge in [-0.1, -0.05) is 19.0 Å². The van der Waals surface area contributed by atoms with Crippen LogP contribution in [-0.4, -0.2) is 29.2 Å². The van der Waals surface area contributed by atoms with Crippen LogP contribution in [0.2, 0.25) is 0 Å². The highest BCUT2D eigenvalue weighted by Crippen LogP contribution is 2.06. The summed E-state index contributed by atoms with van der Waals surface area (Å²) in [4.78, 5) is 13.5. The van der Waals surface area contributed by atoms with E-state index < -0.39 is 0 Å². The van der Waals surface area contributed by atoms with Gasteiger partial charge in [-0.25, -0.2) is 4.79 Å². The van der Waals surface area contributed by atoms with Crippen LogP contribution >= 0.6 is 0 Å². The molecular weight excluding hydrogens is 194 g/mol. The molecule has 15 heavy (non-hydrogen) atoms. The van der Waals surface area contributed by atoms with E-state index in [1.54, 1.807) is 11.0 Å². The van der Waals surface area contributed by atoms with Crippen LogP contribution in [0.1, 0.15) is 26.7 Å². The van der Waals surface area contributed by atoms with Crippen LogP contribution in [0, 0.1) is 0 Å². The van der Waals surface area contributed by atoms with Crippen LogP contribution in [0.25, 0.3) is 0 Å². The van der Waals surface area contributed by atoms with Gasteiger partial charge in [-0.3, -0.25) is 5.32 Å². The van der Waals surface area contributed by atoms with Gasteiger partial charge < -0.3 is 9.42 Å². The molecular formula is C10H17N3O2. The third kappa shape index (κ3) is 3.61. The molecule has 0 aromatic carbocycles. The highest BCUT2D eigenvalue weighted by Gasteiger charge is 2.12. The molecule has 0 bridgehead atoms. The first-order valence-electron chi connectivity index (χ1n) is 5.24. The summed E-state index contributed by atoms with van der Waals surface area (Å²) in [5.41, 5.74) is 0. The third-order valence-corrected chi connectivity index (χ3v) is 1.94. The van der Waals surface area contributed by atoms with Gasteiger partial charge >= 0.3 is 6.03 Å². The summed E-state index contributed by atoms with van der Waals surface area (Å²) in [6.07, 6.45) is 3.40. The molecule has 84 valence electrons. The quantitative estimate of drug-likeness (QED) is 0.813. The highest BCUT2D eigenvalue weighted by molar-refractivity contribution is 5.87. The molecule has 1 heterocycles. The maximum atomic E-state index is 11.7. The molecule has 1 N–H and O–H groups in total. The van der Waals surface area contributed by atoms with Crippen LogP contribution in [0.15, 0.2) is 16.8 Å². The summed E-state index contributed by atoms with van der Waals surface area (Å²) < 4.78 is 4.80. The molecule has 0 fully saturated rings. The molecule has 0 radical (unpaired) electrons. The van der Waals surface area contributed by atoms with Crippen molar-refractivity contribution in [3.8, 4) is 0 Å². The van der Waals surface area contributed by atoms with E-state index in [-0.39, 0.29) is 6.03 Å². The molecule has 2 amide bonds. The zero-order valence-electron chi connectivity index (χ0n) is 9.19. The predicted molar refractivity (Wildman–Crippen MR) is 57.7 cm³/mol. The van der Waals surface area contributed by atoms with E-state index in [4.69, 9.17) is 4.52 Å². The maximum absolute atomic E-state index is 11.7. The fourth-order valence-electron chi connectivity index (χ4n) is 1.32. The summed E-state index contributed by atoms with van der Waals surface area (Å²) in [5, 5.41) is 6.17. The molecule has 0 spiro atoms. The molecule has 1 aromatic rings. The van der Waals surface area contributed by atoms with Crippen molar-refractivity contribution in [1.82, 2.24) is 10.1 Å². The van der Waals surface area contributed by atoms with Crippen molar-refractivity contribution in [3.05, 3.63) is 12.3 Å². The standard InChI is InChI=1S/C10H17N3O2/c1-3-7-13(8-4-2)10(14)12-9-5-6-11-15-9/h5-6H,3-4,7-8H2,1-2H3,(H,12,14). The number of hydrogen-bond donors (Lipinski definition) is 1. The van der Waals surface area contributed by atoms with Gasteiger partial charge in [0.1, 0.15) is 0 Å². The van der Waals surface area contributed by atoms with Gasteiger partial charge in [0.05, 0.1) is 6.20 Å². The Morgan fingerprint density at radius 1 is 1.47 bits per heavy atom. The smallest absolute Gasteiger partial charge is 0.324 e. The van der Waals surface area contributed by atoms with Crippen molar-refractivity contribution >= 4 is 11.9 Å². The molecule has 0 aliphatic heterocycles. The molecule has 0 atom stereocenters. The summed E-state index contributed by atoms with van der Waals surface area (Å²) in [6, 6.07) is 1.49. The zero-order valence-corrected chi connectivity index (χ0v) is 9.19. The molecule has 1 rings (SSSR count). The van der Waals surface area contributed by atoms with E-state index in [2.05, 4.69) is 10.5 Å². The molecule has 0 unspecified atom stereocenters. The second kappa shape index (κ2) is 6.06. The second-order valence-electron chi connectivity index (χ2n) is 3.29. The number of carbonyl (C=O) groups is 1. The second-order valence-corrected chi connectivity index (χ2v) is 3.29. The van der Waals surface area contributed by atoms with Crippen molar-refractivity contribution in [3.63, 3.8) is 0 Å². The number of rotatable bonds is 5. The summed E-state index contributed by atoms with van der Waals surface area (Å²) in [5.74, 6) is 0.386. The lowest BCUT2D eigenvalue weighted by molar-refractivity contribution is 0.210. The van der Waals surface area contributed by atoms with Crippen LogP contribution in [0.3, 0.4) is 0 Å². The average Bonchev–Trinajstić information content (AvgIpc) is 2.70. The predicted octanol–water partition coefficient (Wildman–Crippen LogP) is 2.33. The zero-order chi connectivity index (χ0) is 11.1. The van der Waals surface area contributed by atoms with Crippen molar-refractivity contribution in [2.75, 3.05) is 18.4 Å². The number of aromatic nitrogens is 1. The van der Waals surface area contributed by atoms with E-state index in [9.17, 15) is 4.79 Å². The van der Waals surface area contributed by atoms with E-state index in [1.165, 1.54) is 6.20 Å². The van der Waals surface area contributed by atoms with Crippen LogP contribution in [0.5, 0.6) is 0 Å². The minimum absolute atomic E-state index is 0.129. The van der Waals surface area contributed by atoms with Gasteiger partial charge in [0.2, 0.25) is 5.88 Å². The van der Waals surface area contributed by atoms with Crippen LogP contribution in [0.4, 0.5) is 10.7 Å². The van der Waals surface area contributed by atoms with Gasteiger partial charge in [-0.2, -0.15) is 0 Å². The number of nitrogens with zero attached hydrogens (tertiary/aromatic N) is 2. The Balaban J connectivity index is 2.48. The lowest BCUT2D eigenvalue weighted by atomic mass is 10.4. The number of hydrogen-bond acceptors (Lipinski definition) is 3. The molecule has 5 nitrogen and oxygen atoms in total. The average molecular weight is 211 g/mol. The molecule has 1 aromatic heterocycles. The first-order valence-corrected chi connectivity index (χ1v) is 5.24. The van der Waals surface area contributed by atoms with E-state index in [1.807, 2.05) is 13.8 Å². The first-order chi connectivity index (χ1) is 7.27. The molecule has 0 saturated carbocycles. The Kier molecular flexibility index (Phi) is 4.66. The normalized spacial score (nSPS) is 10.0. The Morgan fingerprint density at radius 2 is 2.13 bits per heavy atom.